The maximum absolute atomic E-state index is 13.7. The van der Waals surface area contributed by atoms with E-state index in [1.54, 1.807) is 30.5 Å². The van der Waals surface area contributed by atoms with Crippen LogP contribution in [-0.4, -0.2) is 52.5 Å². The van der Waals surface area contributed by atoms with Crippen molar-refractivity contribution in [2.75, 3.05) is 42.1 Å². The predicted molar refractivity (Wildman–Crippen MR) is 170 cm³/mol. The molecule has 0 radical (unpaired) electrons. The molecule has 0 aliphatic heterocycles. The van der Waals surface area contributed by atoms with Gasteiger partial charge in [-0.3, -0.25) is 9.78 Å². The Labute approximate surface area is 249 Å². The zero-order chi connectivity index (χ0) is 30.7. The van der Waals surface area contributed by atoms with Crippen molar-refractivity contribution in [1.29, 1.82) is 0 Å². The van der Waals surface area contributed by atoms with Gasteiger partial charge in [0.1, 0.15) is 17.1 Å². The van der Waals surface area contributed by atoms with Crippen LogP contribution in [0.4, 0.5) is 21.5 Å². The van der Waals surface area contributed by atoms with Gasteiger partial charge in [-0.15, -0.1) is 0 Å². The van der Waals surface area contributed by atoms with Crippen LogP contribution < -0.4 is 16.0 Å². The first-order valence-corrected chi connectivity index (χ1v) is 14.2. The Kier molecular flexibility index (Phi) is 11.5. The van der Waals surface area contributed by atoms with Gasteiger partial charge in [0.15, 0.2) is 5.88 Å². The summed E-state index contributed by atoms with van der Waals surface area (Å²) in [5.74, 6) is 0.372. The number of hydrogen-bond acceptors (Lipinski definition) is 7. The number of carbonyl (C=O) groups is 1. The van der Waals surface area contributed by atoms with Gasteiger partial charge < -0.3 is 30.5 Å². The summed E-state index contributed by atoms with van der Waals surface area (Å²) in [6, 6.07) is 17.2. The van der Waals surface area contributed by atoms with E-state index in [0.717, 1.165) is 25.2 Å². The number of ether oxygens (including phenoxy) is 1. The van der Waals surface area contributed by atoms with Crippen LogP contribution in [0.15, 0.2) is 91.7 Å². The monoisotopic (exact) mass is 574 g/mol. The lowest BCUT2D eigenvalue weighted by Crippen LogP contribution is -2.36. The second kappa shape index (κ2) is 15.0. The molecule has 0 unspecified atom stereocenters. The molecular formula is C33H43FN6O2. The van der Waals surface area contributed by atoms with Crippen molar-refractivity contribution in [2.45, 2.75) is 46.8 Å². The molecular weight excluding hydrogens is 531 g/mol. The molecule has 224 valence electrons. The lowest BCUT2D eigenvalue weighted by atomic mass is 10.2. The average molecular weight is 575 g/mol. The lowest BCUT2D eigenvalue weighted by Gasteiger charge is -2.30. The highest BCUT2D eigenvalue weighted by molar-refractivity contribution is 6.04. The van der Waals surface area contributed by atoms with Gasteiger partial charge in [0.2, 0.25) is 0 Å². The van der Waals surface area contributed by atoms with E-state index in [1.807, 2.05) is 45.0 Å². The quantitative estimate of drug-likeness (QED) is 0.170. The van der Waals surface area contributed by atoms with E-state index < -0.39 is 5.60 Å². The summed E-state index contributed by atoms with van der Waals surface area (Å²) >= 11 is 0. The van der Waals surface area contributed by atoms with Crippen LogP contribution in [0.3, 0.4) is 0 Å². The first-order chi connectivity index (χ1) is 20.0. The van der Waals surface area contributed by atoms with Gasteiger partial charge in [-0.05, 0) is 82.4 Å². The van der Waals surface area contributed by atoms with E-state index in [4.69, 9.17) is 4.74 Å². The first-order valence-electron chi connectivity index (χ1n) is 14.2. The number of carbonyl (C=O) groups excluding carboxylic acids is 1. The Bertz CT molecular complexity index is 1350. The highest BCUT2D eigenvalue weighted by Gasteiger charge is 2.16. The average Bonchev–Trinajstić information content (AvgIpc) is 2.93. The van der Waals surface area contributed by atoms with Gasteiger partial charge in [0.25, 0.3) is 5.91 Å². The molecule has 3 rings (SSSR count). The second-order valence-electron chi connectivity index (χ2n) is 10.8. The fourth-order valence-electron chi connectivity index (χ4n) is 4.23. The Balaban J connectivity index is 1.69. The normalized spacial score (nSPS) is 11.1. The van der Waals surface area contributed by atoms with Gasteiger partial charge in [-0.1, -0.05) is 44.7 Å². The van der Waals surface area contributed by atoms with E-state index in [9.17, 15) is 9.18 Å². The third-order valence-electron chi connectivity index (χ3n) is 6.39. The van der Waals surface area contributed by atoms with Crippen molar-refractivity contribution >= 4 is 23.0 Å². The van der Waals surface area contributed by atoms with Crippen molar-refractivity contribution in [1.82, 2.24) is 14.8 Å². The van der Waals surface area contributed by atoms with E-state index >= 15 is 0 Å². The molecule has 3 aromatic rings. The number of amides is 1. The summed E-state index contributed by atoms with van der Waals surface area (Å²) in [7, 11) is 0. The topological polar surface area (TPSA) is 81.8 Å². The van der Waals surface area contributed by atoms with E-state index in [-0.39, 0.29) is 17.4 Å². The van der Waals surface area contributed by atoms with E-state index in [0.29, 0.717) is 41.9 Å². The van der Waals surface area contributed by atoms with Crippen molar-refractivity contribution in [3.8, 4) is 0 Å². The molecule has 0 saturated heterocycles. The standard InChI is InChI=1S/C33H43FN6O2/c1-8-39(9-2)19-20-40(24(3)36-28-14-12-13-27(34)21-28)23-26-17-18-31(35-22-26)32(41)38-30-16-11-10-15-29(30)37-25(4)42-33(5,6)7/h10-18,21-22,36-37H,3-4,8-9,19-20,23H2,1-2,5-7H3,(H,38,41). The number of pyridine rings is 1. The molecule has 0 aliphatic rings. The molecule has 0 fully saturated rings. The summed E-state index contributed by atoms with van der Waals surface area (Å²) in [6.07, 6.45) is 1.69. The molecule has 8 nitrogen and oxygen atoms in total. The minimum Gasteiger partial charge on any atom is -0.474 e. The zero-order valence-corrected chi connectivity index (χ0v) is 25.3. The number of para-hydroxylation sites is 2. The highest BCUT2D eigenvalue weighted by Crippen LogP contribution is 2.25. The number of anilines is 3. The largest absolute Gasteiger partial charge is 0.474 e. The van der Waals surface area contributed by atoms with Gasteiger partial charge in [-0.25, -0.2) is 4.39 Å². The summed E-state index contributed by atoms with van der Waals surface area (Å²) < 4.78 is 19.5. The minimum absolute atomic E-state index is 0.282. The molecule has 0 aliphatic carbocycles. The third kappa shape index (κ3) is 10.2. The fraction of sp³-hybridized carbons (Fsp3) is 0.333. The first kappa shape index (κ1) is 32.1. The number of nitrogens with zero attached hydrogens (tertiary/aromatic N) is 3. The van der Waals surface area contributed by atoms with Crippen molar-refractivity contribution in [3.63, 3.8) is 0 Å². The molecule has 1 heterocycles. The number of benzene rings is 2. The summed E-state index contributed by atoms with van der Waals surface area (Å²) in [6.45, 7) is 22.1. The number of hydrogen-bond donors (Lipinski definition) is 3. The van der Waals surface area contributed by atoms with Gasteiger partial charge >= 0.3 is 0 Å². The Morgan fingerprint density at radius 1 is 0.929 bits per heavy atom. The van der Waals surface area contributed by atoms with Gasteiger partial charge in [0, 0.05) is 31.5 Å². The van der Waals surface area contributed by atoms with E-state index in [1.165, 1.54) is 12.1 Å². The molecule has 3 N–H and O–H groups in total. The van der Waals surface area contributed by atoms with Crippen LogP contribution in [0.5, 0.6) is 0 Å². The molecule has 0 spiro atoms. The number of halogens is 1. The molecule has 0 saturated carbocycles. The fourth-order valence-corrected chi connectivity index (χ4v) is 4.23. The molecule has 2 aromatic carbocycles. The van der Waals surface area contributed by atoms with Crippen LogP contribution in [0.25, 0.3) is 0 Å². The Morgan fingerprint density at radius 2 is 1.62 bits per heavy atom. The number of rotatable bonds is 15. The maximum Gasteiger partial charge on any atom is 0.274 e. The molecule has 9 heteroatoms. The number of nitrogens with one attached hydrogen (secondary N) is 3. The minimum atomic E-state index is -0.406. The van der Waals surface area contributed by atoms with Crippen molar-refractivity contribution < 1.29 is 13.9 Å². The van der Waals surface area contributed by atoms with Gasteiger partial charge in [0.05, 0.1) is 17.2 Å². The smallest absolute Gasteiger partial charge is 0.274 e. The molecule has 42 heavy (non-hydrogen) atoms. The van der Waals surface area contributed by atoms with Crippen LogP contribution in [0.1, 0.15) is 50.7 Å². The third-order valence-corrected chi connectivity index (χ3v) is 6.39. The summed E-state index contributed by atoms with van der Waals surface area (Å²) in [5, 5.41) is 9.26. The van der Waals surface area contributed by atoms with Crippen LogP contribution >= 0.6 is 0 Å². The number of aromatic nitrogens is 1. The Hall–Kier alpha value is -4.37. The molecule has 1 amide bonds. The zero-order valence-electron chi connectivity index (χ0n) is 25.3. The second-order valence-corrected chi connectivity index (χ2v) is 10.8. The van der Waals surface area contributed by atoms with Crippen LogP contribution in [0, 0.1) is 5.82 Å². The van der Waals surface area contributed by atoms with Gasteiger partial charge in [-0.2, -0.15) is 0 Å². The molecule has 1 aromatic heterocycles. The highest BCUT2D eigenvalue weighted by atomic mass is 19.1. The predicted octanol–water partition coefficient (Wildman–Crippen LogP) is 6.90. The lowest BCUT2D eigenvalue weighted by molar-refractivity contribution is 0.0565. The van der Waals surface area contributed by atoms with E-state index in [2.05, 4.69) is 57.7 Å². The molecule has 0 bridgehead atoms. The molecule has 0 atom stereocenters. The van der Waals surface area contributed by atoms with Crippen LogP contribution in [-0.2, 0) is 11.3 Å². The summed E-state index contributed by atoms with van der Waals surface area (Å²) in [5.41, 5.74) is 2.65. The van der Waals surface area contributed by atoms with Crippen molar-refractivity contribution in [2.24, 2.45) is 0 Å². The SMILES string of the molecule is C=C(Nc1ccccc1NC(=O)c1ccc(CN(CCN(CC)CC)C(=C)Nc2cccc(F)c2)cn1)OC(C)(C)C. The maximum atomic E-state index is 13.7. The van der Waals surface area contributed by atoms with Crippen LogP contribution in [0.2, 0.25) is 0 Å². The van der Waals surface area contributed by atoms with Crippen molar-refractivity contribution in [3.05, 3.63) is 109 Å². The Morgan fingerprint density at radius 3 is 2.21 bits per heavy atom. The number of likely N-dealkylation sites (N-methyl/N-ethyl adjacent to an activating group) is 1. The summed E-state index contributed by atoms with van der Waals surface area (Å²) in [4.78, 5) is 21.9.